The second-order valence-corrected chi connectivity index (χ2v) is 8.68. The zero-order valence-corrected chi connectivity index (χ0v) is 14.9. The minimum absolute atomic E-state index is 0.212. The van der Waals surface area contributed by atoms with E-state index in [1.165, 1.54) is 38.5 Å². The number of aliphatic imine (C=N–C) groups is 1. The molecule has 0 radical (unpaired) electrons. The van der Waals surface area contributed by atoms with Gasteiger partial charge in [0.15, 0.2) is 0 Å². The molecule has 2 atom stereocenters. The molecule has 4 fully saturated rings. The third kappa shape index (κ3) is 2.59. The average Bonchev–Trinajstić information content (AvgIpc) is 2.60. The number of hydrogen-bond acceptors (Lipinski definition) is 3. The minimum atomic E-state index is 0.212. The molecule has 3 nitrogen and oxygen atoms in total. The van der Waals surface area contributed by atoms with Gasteiger partial charge in [-0.1, -0.05) is 11.8 Å². The molecule has 0 N–H and O–H groups in total. The van der Waals surface area contributed by atoms with Crippen molar-refractivity contribution in [2.75, 3.05) is 6.54 Å². The first-order valence-corrected chi connectivity index (χ1v) is 9.56. The molecule has 0 aromatic carbocycles. The summed E-state index contributed by atoms with van der Waals surface area (Å²) in [6.45, 7) is 3.00. The Morgan fingerprint density at radius 2 is 2.04 bits per heavy atom. The molecule has 4 saturated carbocycles. The molecule has 5 aliphatic rings. The second kappa shape index (κ2) is 5.46. The second-order valence-electron chi connectivity index (χ2n) is 8.68. The van der Waals surface area contributed by atoms with Crippen LogP contribution in [-0.2, 0) is 0 Å². The molecule has 6 rings (SSSR count). The van der Waals surface area contributed by atoms with Crippen LogP contribution in [0.2, 0.25) is 0 Å². The Balaban J connectivity index is 1.48. The Morgan fingerprint density at radius 3 is 2.76 bits per heavy atom. The Kier molecular flexibility index (Phi) is 3.32. The normalized spacial score (nSPS) is 37.9. The summed E-state index contributed by atoms with van der Waals surface area (Å²) in [6, 6.07) is 4.15. The van der Waals surface area contributed by atoms with E-state index < -0.39 is 0 Å². The van der Waals surface area contributed by atoms with Crippen LogP contribution < -0.4 is 0 Å². The quantitative estimate of drug-likeness (QED) is 0.729. The summed E-state index contributed by atoms with van der Waals surface area (Å²) in [5.41, 5.74) is 2.69. The van der Waals surface area contributed by atoms with Crippen LogP contribution in [-0.4, -0.2) is 28.2 Å². The number of pyridine rings is 1. The highest BCUT2D eigenvalue weighted by molar-refractivity contribution is 5.62. The fraction of sp³-hybridized carbons (Fsp3) is 0.545. The first-order valence-electron chi connectivity index (χ1n) is 9.56. The summed E-state index contributed by atoms with van der Waals surface area (Å²) >= 11 is 0. The molecule has 1 aliphatic heterocycles. The van der Waals surface area contributed by atoms with Gasteiger partial charge in [0.2, 0.25) is 0 Å². The summed E-state index contributed by atoms with van der Waals surface area (Å²) in [4.78, 5) is 11.1. The lowest BCUT2D eigenvalue weighted by atomic mass is 9.46. The minimum Gasteiger partial charge on any atom is -0.365 e. The van der Waals surface area contributed by atoms with Gasteiger partial charge in [-0.15, -0.1) is 0 Å². The van der Waals surface area contributed by atoms with E-state index in [4.69, 9.17) is 0 Å². The smallest absolute Gasteiger partial charge is 0.0533 e. The van der Waals surface area contributed by atoms with Crippen molar-refractivity contribution in [3.05, 3.63) is 42.0 Å². The molecule has 25 heavy (non-hydrogen) atoms. The van der Waals surface area contributed by atoms with E-state index in [1.54, 1.807) is 0 Å². The summed E-state index contributed by atoms with van der Waals surface area (Å²) in [6.07, 6.45) is 16.0. The van der Waals surface area contributed by atoms with Gasteiger partial charge in [-0.05, 0) is 69.4 Å². The van der Waals surface area contributed by atoms with Crippen molar-refractivity contribution in [3.63, 3.8) is 0 Å². The van der Waals surface area contributed by atoms with Crippen molar-refractivity contribution >= 4 is 6.21 Å². The van der Waals surface area contributed by atoms with E-state index in [0.717, 1.165) is 29.6 Å². The predicted octanol–water partition coefficient (Wildman–Crippen LogP) is 3.94. The van der Waals surface area contributed by atoms with Gasteiger partial charge in [-0.2, -0.15) is 0 Å². The van der Waals surface area contributed by atoms with Gasteiger partial charge >= 0.3 is 0 Å². The van der Waals surface area contributed by atoms with Gasteiger partial charge in [0.05, 0.1) is 6.54 Å². The van der Waals surface area contributed by atoms with Crippen LogP contribution in [0.25, 0.3) is 0 Å². The lowest BCUT2D eigenvalue weighted by Crippen LogP contribution is -2.62. The lowest BCUT2D eigenvalue weighted by molar-refractivity contribution is -0.0923. The monoisotopic (exact) mass is 331 g/mol. The molecule has 0 amide bonds. The molecule has 4 bridgehead atoms. The average molecular weight is 331 g/mol. The van der Waals surface area contributed by atoms with E-state index in [2.05, 4.69) is 45.2 Å². The Morgan fingerprint density at radius 1 is 1.20 bits per heavy atom. The molecule has 3 heteroatoms. The molecule has 0 saturated heterocycles. The SMILES string of the molecule is Cc1cc(C#CC23CC4CC(C2)CC(N2C=CN=CC2)(C4)C3)ccn1. The summed E-state index contributed by atoms with van der Waals surface area (Å²) in [7, 11) is 0. The van der Waals surface area contributed by atoms with Crippen molar-refractivity contribution in [2.24, 2.45) is 22.2 Å². The largest absolute Gasteiger partial charge is 0.365 e. The van der Waals surface area contributed by atoms with Gasteiger partial charge in [0, 0.05) is 47.0 Å². The highest BCUT2D eigenvalue weighted by atomic mass is 15.2. The van der Waals surface area contributed by atoms with E-state index in [0.29, 0.717) is 5.54 Å². The zero-order chi connectivity index (χ0) is 16.9. The molecule has 2 unspecified atom stereocenters. The fourth-order valence-electron chi connectivity index (χ4n) is 6.25. The molecule has 1 aromatic heterocycles. The first kappa shape index (κ1) is 15.2. The topological polar surface area (TPSA) is 28.5 Å². The Labute approximate surface area is 150 Å². The highest BCUT2D eigenvalue weighted by Gasteiger charge is 2.58. The Hall–Kier alpha value is -2.08. The summed E-state index contributed by atoms with van der Waals surface area (Å²) in [5.74, 6) is 8.98. The lowest BCUT2D eigenvalue weighted by Gasteiger charge is -2.63. The maximum absolute atomic E-state index is 4.29. The summed E-state index contributed by atoms with van der Waals surface area (Å²) < 4.78 is 0. The van der Waals surface area contributed by atoms with Crippen LogP contribution in [0.1, 0.15) is 49.8 Å². The molecular formula is C22H25N3. The van der Waals surface area contributed by atoms with Crippen LogP contribution in [0.3, 0.4) is 0 Å². The molecular weight excluding hydrogens is 306 g/mol. The highest BCUT2D eigenvalue weighted by Crippen LogP contribution is 2.63. The van der Waals surface area contributed by atoms with Crippen molar-refractivity contribution in [3.8, 4) is 11.8 Å². The van der Waals surface area contributed by atoms with E-state index in [1.807, 2.05) is 25.4 Å². The van der Waals surface area contributed by atoms with Crippen LogP contribution >= 0.6 is 0 Å². The molecule has 2 heterocycles. The number of aryl methyl sites for hydroxylation is 1. The van der Waals surface area contributed by atoms with Crippen molar-refractivity contribution in [1.29, 1.82) is 0 Å². The fourth-order valence-corrected chi connectivity index (χ4v) is 6.25. The number of nitrogens with zero attached hydrogens (tertiary/aromatic N) is 3. The van der Waals surface area contributed by atoms with E-state index in [9.17, 15) is 0 Å². The van der Waals surface area contributed by atoms with Gasteiger partial charge in [-0.25, -0.2) is 0 Å². The standard InChI is InChI=1S/C22H25N3/c1-17-10-18(3-5-24-17)2-4-21-12-19-11-20(13-21)15-22(14-19,16-21)25-8-6-23-7-9-25/h3,5-8,10,19-20H,9,11-16H2,1H3. The van der Waals surface area contributed by atoms with Gasteiger partial charge in [0.25, 0.3) is 0 Å². The number of aromatic nitrogens is 1. The Bertz CT molecular complexity index is 796. The maximum Gasteiger partial charge on any atom is 0.0533 e. The first-order chi connectivity index (χ1) is 12.1. The molecule has 0 spiro atoms. The van der Waals surface area contributed by atoms with E-state index in [-0.39, 0.29) is 5.41 Å². The third-order valence-corrected chi connectivity index (χ3v) is 6.72. The van der Waals surface area contributed by atoms with E-state index >= 15 is 0 Å². The predicted molar refractivity (Wildman–Crippen MR) is 100 cm³/mol. The number of rotatable bonds is 1. The number of hydrogen-bond donors (Lipinski definition) is 0. The van der Waals surface area contributed by atoms with Crippen LogP contribution in [0.15, 0.2) is 35.7 Å². The van der Waals surface area contributed by atoms with Gasteiger partial charge < -0.3 is 4.90 Å². The van der Waals surface area contributed by atoms with Crippen molar-refractivity contribution < 1.29 is 0 Å². The van der Waals surface area contributed by atoms with Crippen LogP contribution in [0, 0.1) is 36.0 Å². The third-order valence-electron chi connectivity index (χ3n) is 6.72. The van der Waals surface area contributed by atoms with Crippen molar-refractivity contribution in [1.82, 2.24) is 9.88 Å². The van der Waals surface area contributed by atoms with Crippen LogP contribution in [0.4, 0.5) is 0 Å². The van der Waals surface area contributed by atoms with Crippen LogP contribution in [0.5, 0.6) is 0 Å². The summed E-state index contributed by atoms with van der Waals surface area (Å²) in [5, 5.41) is 0. The molecule has 128 valence electrons. The van der Waals surface area contributed by atoms with Crippen molar-refractivity contribution in [2.45, 2.75) is 51.0 Å². The van der Waals surface area contributed by atoms with Gasteiger partial charge in [-0.3, -0.25) is 9.98 Å². The molecule has 4 aliphatic carbocycles. The zero-order valence-electron chi connectivity index (χ0n) is 14.9. The molecule has 1 aromatic rings. The maximum atomic E-state index is 4.29. The van der Waals surface area contributed by atoms with Gasteiger partial charge in [0.1, 0.15) is 0 Å².